The van der Waals surface area contributed by atoms with E-state index in [-0.39, 0.29) is 0 Å². The maximum atomic E-state index is 11.0. The van der Waals surface area contributed by atoms with Gasteiger partial charge in [0.05, 0.1) is 17.3 Å². The van der Waals surface area contributed by atoms with E-state index in [2.05, 4.69) is 31.8 Å². The number of hydrogen-bond donors (Lipinski definition) is 1. The van der Waals surface area contributed by atoms with Gasteiger partial charge >= 0.3 is 5.97 Å². The van der Waals surface area contributed by atoms with Gasteiger partial charge in [0.2, 0.25) is 0 Å². The molecule has 0 bridgehead atoms. The Bertz CT molecular complexity index is 677. The second kappa shape index (κ2) is 6.92. The molecule has 22 heavy (non-hydrogen) atoms. The fourth-order valence-electron chi connectivity index (χ4n) is 2.40. The van der Waals surface area contributed by atoms with Gasteiger partial charge in [-0.25, -0.2) is 9.78 Å². The third-order valence-electron chi connectivity index (χ3n) is 3.48. The highest BCUT2D eigenvalue weighted by molar-refractivity contribution is 7.13. The summed E-state index contributed by atoms with van der Waals surface area (Å²) in [6, 6.07) is 6.13. The van der Waals surface area contributed by atoms with Crippen molar-refractivity contribution >= 4 is 17.3 Å². The Morgan fingerprint density at radius 1 is 1.36 bits per heavy atom. The number of carboxylic acid groups (broad SMARTS) is 1. The standard InChI is InChI=1S/C17H21NO3S/c1-10(2)14-6-5-13(9-11(14)3)21-8-7-15-18-12(4)16(22-15)17(19)20/h5-6,9-10H,7-8H2,1-4H3,(H,19,20). The first-order chi connectivity index (χ1) is 10.4. The molecule has 118 valence electrons. The quantitative estimate of drug-likeness (QED) is 0.866. The molecule has 0 aliphatic rings. The Morgan fingerprint density at radius 2 is 2.09 bits per heavy atom. The van der Waals surface area contributed by atoms with E-state index in [4.69, 9.17) is 9.84 Å². The van der Waals surface area contributed by atoms with Gasteiger partial charge in [-0.3, -0.25) is 0 Å². The molecule has 1 N–H and O–H groups in total. The van der Waals surface area contributed by atoms with Crippen LogP contribution < -0.4 is 4.74 Å². The van der Waals surface area contributed by atoms with Crippen LogP contribution in [0.4, 0.5) is 0 Å². The topological polar surface area (TPSA) is 59.4 Å². The molecular weight excluding hydrogens is 298 g/mol. The van der Waals surface area contributed by atoms with Crippen LogP contribution in [0.2, 0.25) is 0 Å². The van der Waals surface area contributed by atoms with Crippen molar-refractivity contribution in [3.63, 3.8) is 0 Å². The number of aryl methyl sites for hydroxylation is 2. The Hall–Kier alpha value is -1.88. The number of aromatic nitrogens is 1. The van der Waals surface area contributed by atoms with E-state index in [1.807, 2.05) is 12.1 Å². The molecule has 0 aliphatic carbocycles. The summed E-state index contributed by atoms with van der Waals surface area (Å²) in [6.07, 6.45) is 0.615. The summed E-state index contributed by atoms with van der Waals surface area (Å²) >= 11 is 1.22. The normalized spacial score (nSPS) is 11.0. The lowest BCUT2D eigenvalue weighted by Crippen LogP contribution is -2.02. The lowest BCUT2D eigenvalue weighted by atomic mass is 9.98. The molecule has 0 aliphatic heterocycles. The van der Waals surface area contributed by atoms with Gasteiger partial charge in [-0.15, -0.1) is 11.3 Å². The Balaban J connectivity index is 1.95. The molecule has 0 amide bonds. The molecule has 1 aromatic heterocycles. The third-order valence-corrected chi connectivity index (χ3v) is 4.69. The van der Waals surface area contributed by atoms with Crippen LogP contribution in [-0.4, -0.2) is 22.7 Å². The van der Waals surface area contributed by atoms with Crippen LogP contribution in [0.25, 0.3) is 0 Å². The first-order valence-corrected chi connectivity index (χ1v) is 8.13. The Labute approximate surface area is 134 Å². The molecule has 1 aromatic carbocycles. The van der Waals surface area contributed by atoms with Crippen LogP contribution in [0.1, 0.15) is 51.3 Å². The number of rotatable bonds is 6. The number of ether oxygens (including phenoxy) is 1. The number of nitrogens with zero attached hydrogens (tertiary/aromatic N) is 1. The predicted octanol–water partition coefficient (Wildman–Crippen LogP) is 4.20. The van der Waals surface area contributed by atoms with E-state index < -0.39 is 5.97 Å². The summed E-state index contributed by atoms with van der Waals surface area (Å²) in [7, 11) is 0. The minimum absolute atomic E-state index is 0.312. The maximum Gasteiger partial charge on any atom is 0.347 e. The van der Waals surface area contributed by atoms with E-state index in [1.165, 1.54) is 22.5 Å². The Morgan fingerprint density at radius 3 is 2.64 bits per heavy atom. The smallest absolute Gasteiger partial charge is 0.347 e. The van der Waals surface area contributed by atoms with Crippen LogP contribution in [0, 0.1) is 13.8 Å². The average Bonchev–Trinajstić information content (AvgIpc) is 2.80. The zero-order valence-corrected chi connectivity index (χ0v) is 14.2. The van der Waals surface area contributed by atoms with Crippen LogP contribution in [0.15, 0.2) is 18.2 Å². The highest BCUT2D eigenvalue weighted by atomic mass is 32.1. The SMILES string of the molecule is Cc1cc(OCCc2nc(C)c(C(=O)O)s2)ccc1C(C)C. The zero-order chi connectivity index (χ0) is 16.3. The third kappa shape index (κ3) is 3.85. The van der Waals surface area contributed by atoms with Gasteiger partial charge in [-0.2, -0.15) is 0 Å². The maximum absolute atomic E-state index is 11.0. The predicted molar refractivity (Wildman–Crippen MR) is 88.3 cm³/mol. The van der Waals surface area contributed by atoms with E-state index in [9.17, 15) is 4.79 Å². The summed E-state index contributed by atoms with van der Waals surface area (Å²) in [5.41, 5.74) is 3.13. The van der Waals surface area contributed by atoms with Gasteiger partial charge in [0, 0.05) is 6.42 Å². The van der Waals surface area contributed by atoms with Crippen LogP contribution in [0.5, 0.6) is 5.75 Å². The largest absolute Gasteiger partial charge is 0.493 e. The number of aromatic carboxylic acids is 1. The first kappa shape index (κ1) is 16.5. The molecule has 0 atom stereocenters. The van der Waals surface area contributed by atoms with Gasteiger partial charge in [0.25, 0.3) is 0 Å². The molecule has 0 spiro atoms. The molecule has 0 radical (unpaired) electrons. The van der Waals surface area contributed by atoms with Gasteiger partial charge in [-0.1, -0.05) is 19.9 Å². The van der Waals surface area contributed by atoms with Crippen molar-refractivity contribution in [3.05, 3.63) is 44.9 Å². The molecule has 1 heterocycles. The van der Waals surface area contributed by atoms with Crippen molar-refractivity contribution in [2.45, 2.75) is 40.0 Å². The van der Waals surface area contributed by atoms with Gasteiger partial charge < -0.3 is 9.84 Å². The van der Waals surface area contributed by atoms with Gasteiger partial charge in [0.15, 0.2) is 0 Å². The van der Waals surface area contributed by atoms with Crippen molar-refractivity contribution in [1.82, 2.24) is 4.98 Å². The second-order valence-electron chi connectivity index (χ2n) is 5.60. The van der Waals surface area contributed by atoms with Crippen LogP contribution >= 0.6 is 11.3 Å². The van der Waals surface area contributed by atoms with Crippen molar-refractivity contribution in [2.24, 2.45) is 0 Å². The van der Waals surface area contributed by atoms with E-state index >= 15 is 0 Å². The highest BCUT2D eigenvalue weighted by Gasteiger charge is 2.13. The number of benzene rings is 1. The average molecular weight is 319 g/mol. The number of carboxylic acids is 1. The molecule has 5 heteroatoms. The molecule has 0 saturated carbocycles. The Kier molecular flexibility index (Phi) is 5.19. The minimum atomic E-state index is -0.915. The molecule has 2 rings (SSSR count). The zero-order valence-electron chi connectivity index (χ0n) is 13.3. The van der Waals surface area contributed by atoms with Crippen LogP contribution in [-0.2, 0) is 6.42 Å². The van der Waals surface area contributed by atoms with Crippen molar-refractivity contribution in [1.29, 1.82) is 0 Å². The highest BCUT2D eigenvalue weighted by Crippen LogP contribution is 2.24. The number of thiazole rings is 1. The monoisotopic (exact) mass is 319 g/mol. The lowest BCUT2D eigenvalue weighted by molar-refractivity contribution is 0.0701. The number of hydrogen-bond acceptors (Lipinski definition) is 4. The molecule has 0 saturated heterocycles. The van der Waals surface area contributed by atoms with Gasteiger partial charge in [-0.05, 0) is 43.0 Å². The summed E-state index contributed by atoms with van der Waals surface area (Å²) in [6.45, 7) is 8.65. The van der Waals surface area contributed by atoms with Crippen molar-refractivity contribution < 1.29 is 14.6 Å². The van der Waals surface area contributed by atoms with Crippen molar-refractivity contribution in [2.75, 3.05) is 6.61 Å². The molecule has 4 nitrogen and oxygen atoms in total. The lowest BCUT2D eigenvalue weighted by Gasteiger charge is -2.12. The summed E-state index contributed by atoms with van der Waals surface area (Å²) in [4.78, 5) is 15.6. The van der Waals surface area contributed by atoms with Crippen molar-refractivity contribution in [3.8, 4) is 5.75 Å². The first-order valence-electron chi connectivity index (χ1n) is 7.31. The summed E-state index contributed by atoms with van der Waals surface area (Å²) < 4.78 is 5.75. The summed E-state index contributed by atoms with van der Waals surface area (Å²) in [5.74, 6) is 0.428. The summed E-state index contributed by atoms with van der Waals surface area (Å²) in [5, 5.41) is 9.82. The fourth-order valence-corrected chi connectivity index (χ4v) is 3.28. The molecule has 0 fully saturated rings. The number of carbonyl (C=O) groups is 1. The molecule has 0 unspecified atom stereocenters. The second-order valence-corrected chi connectivity index (χ2v) is 6.68. The fraction of sp³-hybridized carbons (Fsp3) is 0.412. The van der Waals surface area contributed by atoms with E-state index in [0.717, 1.165) is 10.8 Å². The molecule has 2 aromatic rings. The van der Waals surface area contributed by atoms with E-state index in [1.54, 1.807) is 6.92 Å². The molecular formula is C17H21NO3S. The van der Waals surface area contributed by atoms with Gasteiger partial charge in [0.1, 0.15) is 10.6 Å². The minimum Gasteiger partial charge on any atom is -0.493 e. The van der Waals surface area contributed by atoms with E-state index in [0.29, 0.717) is 29.5 Å². The van der Waals surface area contributed by atoms with Crippen LogP contribution in [0.3, 0.4) is 0 Å².